The third-order valence-electron chi connectivity index (χ3n) is 2.72. The Kier molecular flexibility index (Phi) is 4.40. The molecule has 1 aromatic rings. The van der Waals surface area contributed by atoms with Crippen molar-refractivity contribution in [3.05, 3.63) is 18.3 Å². The van der Waals surface area contributed by atoms with Gasteiger partial charge in [-0.05, 0) is 24.0 Å². The predicted molar refractivity (Wildman–Crippen MR) is 63.3 cm³/mol. The summed E-state index contributed by atoms with van der Waals surface area (Å²) in [5.74, 6) is 2.92. The van der Waals surface area contributed by atoms with Crippen LogP contribution >= 0.6 is 0 Å². The molecule has 15 heavy (non-hydrogen) atoms. The van der Waals surface area contributed by atoms with Gasteiger partial charge in [-0.25, -0.2) is 4.98 Å². The van der Waals surface area contributed by atoms with Crippen molar-refractivity contribution >= 4 is 5.82 Å². The van der Waals surface area contributed by atoms with Gasteiger partial charge >= 0.3 is 0 Å². The number of methoxy groups -OCH3 is 1. The van der Waals surface area contributed by atoms with Crippen molar-refractivity contribution in [2.24, 2.45) is 11.8 Å². The second kappa shape index (κ2) is 5.59. The van der Waals surface area contributed by atoms with Crippen LogP contribution in [0.3, 0.4) is 0 Å². The maximum absolute atomic E-state index is 5.21. The first-order valence-electron chi connectivity index (χ1n) is 5.38. The number of ether oxygens (including phenoxy) is 1. The minimum atomic E-state index is 0.622. The highest BCUT2D eigenvalue weighted by molar-refractivity contribution is 5.49. The van der Waals surface area contributed by atoms with E-state index >= 15 is 0 Å². The van der Waals surface area contributed by atoms with Gasteiger partial charge in [0.2, 0.25) is 0 Å². The van der Waals surface area contributed by atoms with Crippen LogP contribution in [-0.2, 0) is 0 Å². The van der Waals surface area contributed by atoms with Crippen molar-refractivity contribution in [3.8, 4) is 5.75 Å². The summed E-state index contributed by atoms with van der Waals surface area (Å²) in [5, 5.41) is 3.31. The van der Waals surface area contributed by atoms with E-state index in [4.69, 9.17) is 4.74 Å². The number of nitrogens with zero attached hydrogens (tertiary/aromatic N) is 1. The van der Waals surface area contributed by atoms with Crippen LogP contribution < -0.4 is 10.1 Å². The minimum Gasteiger partial charge on any atom is -0.493 e. The number of hydrogen-bond donors (Lipinski definition) is 1. The standard InChI is InChI=1S/C12H20N2O/c1-9(2)10(3)8-14-12-11(15-4)6-5-7-13-12/h5-7,9-10H,8H2,1-4H3,(H,13,14). The van der Waals surface area contributed by atoms with Gasteiger partial charge in [0.25, 0.3) is 0 Å². The van der Waals surface area contributed by atoms with E-state index in [1.165, 1.54) is 0 Å². The first-order valence-corrected chi connectivity index (χ1v) is 5.38. The minimum absolute atomic E-state index is 0.622. The Morgan fingerprint density at radius 3 is 2.73 bits per heavy atom. The lowest BCUT2D eigenvalue weighted by molar-refractivity contribution is 0.411. The fraction of sp³-hybridized carbons (Fsp3) is 0.583. The van der Waals surface area contributed by atoms with Crippen molar-refractivity contribution in [2.75, 3.05) is 19.0 Å². The Hall–Kier alpha value is -1.25. The molecule has 0 bridgehead atoms. The Morgan fingerprint density at radius 1 is 1.40 bits per heavy atom. The van der Waals surface area contributed by atoms with Crippen molar-refractivity contribution in [1.82, 2.24) is 4.98 Å². The molecule has 3 nitrogen and oxygen atoms in total. The molecule has 0 radical (unpaired) electrons. The van der Waals surface area contributed by atoms with E-state index in [0.717, 1.165) is 18.1 Å². The van der Waals surface area contributed by atoms with Gasteiger partial charge < -0.3 is 10.1 Å². The van der Waals surface area contributed by atoms with Gasteiger partial charge in [-0.1, -0.05) is 20.8 Å². The Labute approximate surface area is 91.9 Å². The molecule has 1 N–H and O–H groups in total. The highest BCUT2D eigenvalue weighted by Crippen LogP contribution is 2.21. The molecule has 0 amide bonds. The largest absolute Gasteiger partial charge is 0.493 e. The highest BCUT2D eigenvalue weighted by Gasteiger charge is 2.08. The summed E-state index contributed by atoms with van der Waals surface area (Å²) in [7, 11) is 1.66. The fourth-order valence-corrected chi connectivity index (χ4v) is 1.18. The molecule has 0 aliphatic carbocycles. The van der Waals surface area contributed by atoms with Gasteiger partial charge in [0, 0.05) is 12.7 Å². The lowest BCUT2D eigenvalue weighted by atomic mass is 9.98. The quantitative estimate of drug-likeness (QED) is 0.808. The average Bonchev–Trinajstić information content (AvgIpc) is 2.26. The molecule has 1 aromatic heterocycles. The first-order chi connectivity index (χ1) is 7.15. The molecule has 0 spiro atoms. The molecule has 0 aromatic carbocycles. The highest BCUT2D eigenvalue weighted by atomic mass is 16.5. The van der Waals surface area contributed by atoms with E-state index in [1.807, 2.05) is 12.1 Å². The van der Waals surface area contributed by atoms with Crippen LogP contribution in [0.4, 0.5) is 5.82 Å². The van der Waals surface area contributed by atoms with Crippen LogP contribution in [0.1, 0.15) is 20.8 Å². The summed E-state index contributed by atoms with van der Waals surface area (Å²) in [4.78, 5) is 4.24. The third kappa shape index (κ3) is 3.42. The summed E-state index contributed by atoms with van der Waals surface area (Å²) < 4.78 is 5.21. The van der Waals surface area contributed by atoms with Gasteiger partial charge in [-0.3, -0.25) is 0 Å². The molecular formula is C12H20N2O. The number of hydrogen-bond acceptors (Lipinski definition) is 3. The molecular weight excluding hydrogens is 188 g/mol. The number of pyridine rings is 1. The molecule has 0 aliphatic heterocycles. The maximum Gasteiger partial charge on any atom is 0.168 e. The van der Waals surface area contributed by atoms with Crippen LogP contribution in [0.5, 0.6) is 5.75 Å². The smallest absolute Gasteiger partial charge is 0.168 e. The Bertz CT molecular complexity index is 299. The summed E-state index contributed by atoms with van der Waals surface area (Å²) in [5.41, 5.74) is 0. The normalized spacial score (nSPS) is 12.6. The molecule has 1 heterocycles. The zero-order valence-electron chi connectivity index (χ0n) is 9.95. The Balaban J connectivity index is 2.57. The summed E-state index contributed by atoms with van der Waals surface area (Å²) in [6, 6.07) is 3.78. The number of rotatable bonds is 5. The van der Waals surface area contributed by atoms with Crippen LogP contribution in [0, 0.1) is 11.8 Å². The topological polar surface area (TPSA) is 34.1 Å². The molecule has 0 aliphatic rings. The summed E-state index contributed by atoms with van der Waals surface area (Å²) >= 11 is 0. The third-order valence-corrected chi connectivity index (χ3v) is 2.72. The van der Waals surface area contributed by atoms with Gasteiger partial charge in [-0.2, -0.15) is 0 Å². The molecule has 1 unspecified atom stereocenters. The zero-order chi connectivity index (χ0) is 11.3. The van der Waals surface area contributed by atoms with E-state index in [0.29, 0.717) is 11.8 Å². The zero-order valence-corrected chi connectivity index (χ0v) is 9.95. The van der Waals surface area contributed by atoms with Crippen molar-refractivity contribution < 1.29 is 4.74 Å². The van der Waals surface area contributed by atoms with E-state index in [2.05, 4.69) is 31.1 Å². The molecule has 1 atom stereocenters. The number of nitrogens with one attached hydrogen (secondary N) is 1. The van der Waals surface area contributed by atoms with Crippen molar-refractivity contribution in [3.63, 3.8) is 0 Å². The van der Waals surface area contributed by atoms with E-state index < -0.39 is 0 Å². The summed E-state index contributed by atoms with van der Waals surface area (Å²) in [6.07, 6.45) is 1.77. The van der Waals surface area contributed by atoms with E-state index in [9.17, 15) is 0 Å². The van der Waals surface area contributed by atoms with Gasteiger partial charge in [-0.15, -0.1) is 0 Å². The second-order valence-electron chi connectivity index (χ2n) is 4.16. The lowest BCUT2D eigenvalue weighted by Crippen LogP contribution is -2.17. The van der Waals surface area contributed by atoms with Crippen LogP contribution in [-0.4, -0.2) is 18.6 Å². The predicted octanol–water partition coefficient (Wildman–Crippen LogP) is 2.79. The van der Waals surface area contributed by atoms with Gasteiger partial charge in [0.1, 0.15) is 0 Å². The number of aromatic nitrogens is 1. The van der Waals surface area contributed by atoms with Crippen LogP contribution in [0.15, 0.2) is 18.3 Å². The summed E-state index contributed by atoms with van der Waals surface area (Å²) in [6.45, 7) is 7.60. The number of anilines is 1. The van der Waals surface area contributed by atoms with Gasteiger partial charge in [0.15, 0.2) is 11.6 Å². The molecule has 0 saturated heterocycles. The second-order valence-corrected chi connectivity index (χ2v) is 4.16. The van der Waals surface area contributed by atoms with E-state index in [-0.39, 0.29) is 0 Å². The molecule has 0 fully saturated rings. The SMILES string of the molecule is COc1cccnc1NCC(C)C(C)C. The Morgan fingerprint density at radius 2 is 2.13 bits per heavy atom. The molecule has 84 valence electrons. The van der Waals surface area contributed by atoms with Crippen LogP contribution in [0.2, 0.25) is 0 Å². The molecule has 1 rings (SSSR count). The van der Waals surface area contributed by atoms with Crippen LogP contribution in [0.25, 0.3) is 0 Å². The maximum atomic E-state index is 5.21. The lowest BCUT2D eigenvalue weighted by Gasteiger charge is -2.17. The van der Waals surface area contributed by atoms with E-state index in [1.54, 1.807) is 13.3 Å². The molecule has 0 saturated carbocycles. The average molecular weight is 208 g/mol. The van der Waals surface area contributed by atoms with Crippen molar-refractivity contribution in [1.29, 1.82) is 0 Å². The fourth-order valence-electron chi connectivity index (χ4n) is 1.18. The first kappa shape index (κ1) is 11.8. The molecule has 3 heteroatoms. The van der Waals surface area contributed by atoms with Crippen molar-refractivity contribution in [2.45, 2.75) is 20.8 Å². The van der Waals surface area contributed by atoms with Gasteiger partial charge in [0.05, 0.1) is 7.11 Å². The monoisotopic (exact) mass is 208 g/mol.